The topological polar surface area (TPSA) is 46.9 Å². The molecule has 1 amide bonds. The zero-order chi connectivity index (χ0) is 19.5. The first kappa shape index (κ1) is 18.4. The molecule has 0 radical (unpaired) electrons. The van der Waals surface area contributed by atoms with Gasteiger partial charge in [0.15, 0.2) is 0 Å². The number of fused-ring (bicyclic) bond motifs is 1. The molecule has 1 N–H and O–H groups in total. The molecular formula is C22H20FN3OS. The van der Waals surface area contributed by atoms with Crippen LogP contribution in [0, 0.1) is 12.7 Å². The number of aryl methyl sites for hydroxylation is 2. The molecule has 6 heteroatoms. The smallest absolute Gasteiger partial charge is 0.261 e. The van der Waals surface area contributed by atoms with Gasteiger partial charge in [-0.25, -0.2) is 9.07 Å². The first-order valence-corrected chi connectivity index (χ1v) is 10.0. The van der Waals surface area contributed by atoms with E-state index in [2.05, 4.69) is 22.5 Å². The zero-order valence-corrected chi connectivity index (χ0v) is 16.3. The molecule has 0 fully saturated rings. The lowest BCUT2D eigenvalue weighted by Crippen LogP contribution is -2.23. The summed E-state index contributed by atoms with van der Waals surface area (Å²) in [5.74, 6) is -0.357. The molecule has 2 heterocycles. The second-order valence-corrected chi connectivity index (χ2v) is 7.68. The average Bonchev–Trinajstić information content (AvgIpc) is 3.27. The standard InChI is InChI=1S/C22H20FN3OS/c1-15-19-14-20(21(27)24-13-5-8-16-6-3-2-4-7-16)28-22(19)26(25-15)18-11-9-17(23)10-12-18/h2-4,6-7,9-12,14H,5,8,13H2,1H3,(H,24,27). The van der Waals surface area contributed by atoms with Crippen molar-refractivity contribution in [3.8, 4) is 5.69 Å². The predicted octanol–water partition coefficient (Wildman–Crippen LogP) is 4.90. The van der Waals surface area contributed by atoms with E-state index in [0.29, 0.717) is 11.4 Å². The van der Waals surface area contributed by atoms with Crippen molar-refractivity contribution < 1.29 is 9.18 Å². The minimum atomic E-state index is -0.286. The summed E-state index contributed by atoms with van der Waals surface area (Å²) >= 11 is 1.40. The largest absolute Gasteiger partial charge is 0.351 e. The molecule has 142 valence electrons. The van der Waals surface area contributed by atoms with Gasteiger partial charge < -0.3 is 5.32 Å². The summed E-state index contributed by atoms with van der Waals surface area (Å²) in [7, 11) is 0. The maximum absolute atomic E-state index is 13.2. The van der Waals surface area contributed by atoms with Gasteiger partial charge in [0.1, 0.15) is 10.6 Å². The Morgan fingerprint density at radius 3 is 2.64 bits per heavy atom. The molecule has 28 heavy (non-hydrogen) atoms. The molecule has 0 aliphatic rings. The SMILES string of the molecule is Cc1nn(-c2ccc(F)cc2)c2sc(C(=O)NCCCc3ccccc3)cc12. The van der Waals surface area contributed by atoms with Crippen LogP contribution in [0.25, 0.3) is 15.9 Å². The highest BCUT2D eigenvalue weighted by atomic mass is 32.1. The highest BCUT2D eigenvalue weighted by Crippen LogP contribution is 2.30. The van der Waals surface area contributed by atoms with Gasteiger partial charge in [-0.05, 0) is 55.7 Å². The normalized spacial score (nSPS) is 11.1. The van der Waals surface area contributed by atoms with Crippen molar-refractivity contribution in [2.45, 2.75) is 19.8 Å². The Morgan fingerprint density at radius 1 is 1.14 bits per heavy atom. The van der Waals surface area contributed by atoms with Gasteiger partial charge in [0.25, 0.3) is 5.91 Å². The van der Waals surface area contributed by atoms with Gasteiger partial charge in [-0.2, -0.15) is 5.10 Å². The number of carbonyl (C=O) groups excluding carboxylic acids is 1. The van der Waals surface area contributed by atoms with Crippen LogP contribution in [-0.2, 0) is 6.42 Å². The van der Waals surface area contributed by atoms with Crippen molar-refractivity contribution in [2.75, 3.05) is 6.54 Å². The molecule has 0 aliphatic heterocycles. The number of hydrogen-bond donors (Lipinski definition) is 1. The Bertz CT molecular complexity index is 1100. The van der Waals surface area contributed by atoms with Gasteiger partial charge in [0.2, 0.25) is 0 Å². The third kappa shape index (κ3) is 3.82. The van der Waals surface area contributed by atoms with Crippen LogP contribution in [0.15, 0.2) is 60.7 Å². The first-order chi connectivity index (χ1) is 13.6. The number of benzene rings is 2. The van der Waals surface area contributed by atoms with E-state index in [1.807, 2.05) is 31.2 Å². The number of thiophene rings is 1. The van der Waals surface area contributed by atoms with Crippen LogP contribution < -0.4 is 5.32 Å². The third-order valence-corrected chi connectivity index (χ3v) is 5.72. The van der Waals surface area contributed by atoms with Gasteiger partial charge in [-0.3, -0.25) is 4.79 Å². The lowest BCUT2D eigenvalue weighted by Gasteiger charge is -2.04. The highest BCUT2D eigenvalue weighted by molar-refractivity contribution is 7.20. The average molecular weight is 393 g/mol. The summed E-state index contributed by atoms with van der Waals surface area (Å²) in [6.45, 7) is 2.54. The molecule has 4 aromatic rings. The molecule has 0 aliphatic carbocycles. The van der Waals surface area contributed by atoms with Crippen molar-refractivity contribution in [3.05, 3.63) is 82.6 Å². The molecule has 2 aromatic carbocycles. The summed E-state index contributed by atoms with van der Waals surface area (Å²) < 4.78 is 15.0. The summed E-state index contributed by atoms with van der Waals surface area (Å²) in [6, 6.07) is 18.3. The summed E-state index contributed by atoms with van der Waals surface area (Å²) in [5.41, 5.74) is 2.89. The molecule has 4 rings (SSSR count). The number of amides is 1. The Labute approximate surface area is 166 Å². The van der Waals surface area contributed by atoms with Crippen molar-refractivity contribution in [2.24, 2.45) is 0 Å². The van der Waals surface area contributed by atoms with Gasteiger partial charge in [0.05, 0.1) is 16.3 Å². The minimum absolute atomic E-state index is 0.0701. The summed E-state index contributed by atoms with van der Waals surface area (Å²) in [5, 5.41) is 8.48. The van der Waals surface area contributed by atoms with Crippen LogP contribution in [0.4, 0.5) is 4.39 Å². The Hall–Kier alpha value is -2.99. The minimum Gasteiger partial charge on any atom is -0.351 e. The van der Waals surface area contributed by atoms with Crippen LogP contribution in [-0.4, -0.2) is 22.2 Å². The highest BCUT2D eigenvalue weighted by Gasteiger charge is 2.17. The Morgan fingerprint density at radius 2 is 1.89 bits per heavy atom. The summed E-state index contributed by atoms with van der Waals surface area (Å²) in [4.78, 5) is 14.1. The van der Waals surface area contributed by atoms with E-state index in [1.54, 1.807) is 16.8 Å². The number of carbonyl (C=O) groups is 1. The quantitative estimate of drug-likeness (QED) is 0.474. The predicted molar refractivity (Wildman–Crippen MR) is 111 cm³/mol. The molecule has 0 spiro atoms. The number of halogens is 1. The van der Waals surface area contributed by atoms with E-state index >= 15 is 0 Å². The first-order valence-electron chi connectivity index (χ1n) is 9.19. The second kappa shape index (κ2) is 7.94. The third-order valence-electron chi connectivity index (χ3n) is 4.61. The maximum Gasteiger partial charge on any atom is 0.261 e. The molecule has 0 atom stereocenters. The van der Waals surface area contributed by atoms with Crippen molar-refractivity contribution in [1.82, 2.24) is 15.1 Å². The van der Waals surface area contributed by atoms with Crippen molar-refractivity contribution >= 4 is 27.5 Å². The van der Waals surface area contributed by atoms with Gasteiger partial charge >= 0.3 is 0 Å². The van der Waals surface area contributed by atoms with Crippen molar-refractivity contribution in [1.29, 1.82) is 0 Å². The Balaban J connectivity index is 1.46. The van der Waals surface area contributed by atoms with Crippen LogP contribution >= 0.6 is 11.3 Å². The maximum atomic E-state index is 13.2. The zero-order valence-electron chi connectivity index (χ0n) is 15.5. The molecule has 2 aromatic heterocycles. The van der Waals surface area contributed by atoms with E-state index in [1.165, 1.54) is 29.0 Å². The van der Waals surface area contributed by atoms with Gasteiger partial charge in [0, 0.05) is 11.9 Å². The van der Waals surface area contributed by atoms with Crippen LogP contribution in [0.2, 0.25) is 0 Å². The van der Waals surface area contributed by atoms with Gasteiger partial charge in [-0.15, -0.1) is 11.3 Å². The van der Waals surface area contributed by atoms with E-state index in [4.69, 9.17) is 0 Å². The number of nitrogens with zero attached hydrogens (tertiary/aromatic N) is 2. The lowest BCUT2D eigenvalue weighted by molar-refractivity contribution is 0.0957. The fraction of sp³-hybridized carbons (Fsp3) is 0.182. The van der Waals surface area contributed by atoms with Crippen LogP contribution in [0.5, 0.6) is 0 Å². The van der Waals surface area contributed by atoms with E-state index < -0.39 is 0 Å². The number of rotatable bonds is 6. The van der Waals surface area contributed by atoms with Crippen molar-refractivity contribution in [3.63, 3.8) is 0 Å². The Kier molecular flexibility index (Phi) is 5.21. The van der Waals surface area contributed by atoms with Crippen LogP contribution in [0.1, 0.15) is 27.3 Å². The van der Waals surface area contributed by atoms with Gasteiger partial charge in [-0.1, -0.05) is 30.3 Å². The summed E-state index contributed by atoms with van der Waals surface area (Å²) in [6.07, 6.45) is 1.83. The van der Waals surface area contributed by atoms with E-state index in [0.717, 1.165) is 34.4 Å². The molecular weight excluding hydrogens is 373 g/mol. The van der Waals surface area contributed by atoms with E-state index in [-0.39, 0.29) is 11.7 Å². The van der Waals surface area contributed by atoms with Crippen LogP contribution in [0.3, 0.4) is 0 Å². The molecule has 0 saturated heterocycles. The number of aromatic nitrogens is 2. The lowest BCUT2D eigenvalue weighted by atomic mass is 10.1. The monoisotopic (exact) mass is 393 g/mol. The molecule has 0 bridgehead atoms. The fourth-order valence-electron chi connectivity index (χ4n) is 3.14. The number of nitrogens with one attached hydrogen (secondary N) is 1. The molecule has 0 unspecified atom stereocenters. The second-order valence-electron chi connectivity index (χ2n) is 6.65. The number of hydrogen-bond acceptors (Lipinski definition) is 3. The molecule has 4 nitrogen and oxygen atoms in total. The molecule has 0 saturated carbocycles. The fourth-order valence-corrected chi connectivity index (χ4v) is 4.24. The van der Waals surface area contributed by atoms with E-state index in [9.17, 15) is 9.18 Å².